The Bertz CT molecular complexity index is 1230. The summed E-state index contributed by atoms with van der Waals surface area (Å²) in [6.07, 6.45) is 2.17. The van der Waals surface area contributed by atoms with Crippen LogP contribution in [0.25, 0.3) is 0 Å². The molecule has 2 aliphatic rings. The van der Waals surface area contributed by atoms with Gasteiger partial charge in [0.2, 0.25) is 10.0 Å². The normalized spacial score (nSPS) is 18.9. The number of hydrogen-bond acceptors (Lipinski definition) is 4. The van der Waals surface area contributed by atoms with Gasteiger partial charge in [-0.25, -0.2) is 8.42 Å². The summed E-state index contributed by atoms with van der Waals surface area (Å²) in [4.78, 5) is 15.7. The number of nitrogens with one attached hydrogen (secondary N) is 1. The van der Waals surface area contributed by atoms with E-state index in [0.717, 1.165) is 37.1 Å². The summed E-state index contributed by atoms with van der Waals surface area (Å²) >= 11 is 0. The maximum Gasteiger partial charge on any atom is 0.251 e. The maximum atomic E-state index is 13.4. The minimum atomic E-state index is -3.65. The molecule has 2 aliphatic heterocycles. The van der Waals surface area contributed by atoms with Crippen molar-refractivity contribution in [2.75, 3.05) is 32.7 Å². The van der Waals surface area contributed by atoms with Crippen molar-refractivity contribution >= 4 is 15.9 Å². The van der Waals surface area contributed by atoms with Gasteiger partial charge in [-0.3, -0.25) is 9.69 Å². The van der Waals surface area contributed by atoms with Gasteiger partial charge in [0.25, 0.3) is 5.91 Å². The smallest absolute Gasteiger partial charge is 0.251 e. The summed E-state index contributed by atoms with van der Waals surface area (Å²) in [5, 5.41) is 3.03. The first-order valence-electron chi connectivity index (χ1n) is 12.2. The molecule has 1 amide bonds. The first-order valence-corrected chi connectivity index (χ1v) is 13.7. The molecule has 3 aromatic carbocycles. The van der Waals surface area contributed by atoms with Crippen molar-refractivity contribution in [2.24, 2.45) is 0 Å². The van der Waals surface area contributed by atoms with Gasteiger partial charge in [0.15, 0.2) is 0 Å². The van der Waals surface area contributed by atoms with Crippen LogP contribution in [-0.4, -0.2) is 62.3 Å². The highest BCUT2D eigenvalue weighted by Gasteiger charge is 2.36. The van der Waals surface area contributed by atoms with Gasteiger partial charge < -0.3 is 5.32 Å². The Morgan fingerprint density at radius 2 is 1.57 bits per heavy atom. The number of amides is 1. The number of rotatable bonds is 7. The fourth-order valence-corrected chi connectivity index (χ4v) is 6.74. The third-order valence-corrected chi connectivity index (χ3v) is 9.02. The molecule has 0 radical (unpaired) electrons. The first kappa shape index (κ1) is 23.7. The Kier molecular flexibility index (Phi) is 7.00. The lowest BCUT2D eigenvalue weighted by Gasteiger charge is -2.36. The second-order valence-corrected chi connectivity index (χ2v) is 11.2. The molecule has 0 bridgehead atoms. The molecular weight excluding hydrogens is 458 g/mol. The van der Waals surface area contributed by atoms with Crippen molar-refractivity contribution < 1.29 is 13.2 Å². The second-order valence-electron chi connectivity index (χ2n) is 9.31. The van der Waals surface area contributed by atoms with E-state index >= 15 is 0 Å². The number of benzene rings is 3. The van der Waals surface area contributed by atoms with E-state index in [-0.39, 0.29) is 16.7 Å². The number of carbonyl (C=O) groups excluding carboxylic acids is 1. The summed E-state index contributed by atoms with van der Waals surface area (Å²) < 4.78 is 28.3. The van der Waals surface area contributed by atoms with Crippen molar-refractivity contribution in [3.8, 4) is 0 Å². The Balaban J connectivity index is 1.31. The average Bonchev–Trinajstić information content (AvgIpc) is 3.38. The zero-order valence-electron chi connectivity index (χ0n) is 19.7. The largest absolute Gasteiger partial charge is 0.351 e. The molecule has 2 fully saturated rings. The topological polar surface area (TPSA) is 69.7 Å². The van der Waals surface area contributed by atoms with E-state index in [1.807, 2.05) is 36.4 Å². The van der Waals surface area contributed by atoms with Gasteiger partial charge in [0.1, 0.15) is 0 Å². The quantitative estimate of drug-likeness (QED) is 0.549. The number of fused-ring (bicyclic) bond motifs is 1. The van der Waals surface area contributed by atoms with Crippen LogP contribution in [0, 0.1) is 0 Å². The van der Waals surface area contributed by atoms with Gasteiger partial charge in [-0.05, 0) is 48.7 Å². The summed E-state index contributed by atoms with van der Waals surface area (Å²) in [5.41, 5.74) is 2.58. The molecule has 182 valence electrons. The highest BCUT2D eigenvalue weighted by atomic mass is 32.2. The number of hydrogen-bond donors (Lipinski definition) is 1. The molecule has 7 heteroatoms. The second kappa shape index (κ2) is 10.3. The standard InChI is InChI=1S/C28H31N3O3S/c32-28(29-20-27(22-9-3-1-4-10-22)23-11-5-2-6-12-23)24-13-7-15-26(19-24)35(33,34)31-18-17-30-16-8-14-25(30)21-31/h1-7,9-13,15,19,25,27H,8,14,16-18,20-21H2,(H,29,32)/t25-/m0/s1. The van der Waals surface area contributed by atoms with Gasteiger partial charge >= 0.3 is 0 Å². The molecule has 0 unspecified atom stereocenters. The number of sulfonamides is 1. The Morgan fingerprint density at radius 3 is 2.26 bits per heavy atom. The van der Waals surface area contributed by atoms with Crippen molar-refractivity contribution in [3.05, 3.63) is 102 Å². The molecule has 0 aliphatic carbocycles. The van der Waals surface area contributed by atoms with Crippen LogP contribution in [0.5, 0.6) is 0 Å². The van der Waals surface area contributed by atoms with E-state index in [2.05, 4.69) is 34.5 Å². The summed E-state index contributed by atoms with van der Waals surface area (Å²) in [6.45, 7) is 3.25. The molecular formula is C28H31N3O3S. The monoisotopic (exact) mass is 489 g/mol. The lowest BCUT2D eigenvalue weighted by atomic mass is 9.91. The number of piperazine rings is 1. The lowest BCUT2D eigenvalue weighted by molar-refractivity contribution is 0.0952. The zero-order valence-corrected chi connectivity index (χ0v) is 20.5. The molecule has 3 aromatic rings. The molecule has 2 saturated heterocycles. The van der Waals surface area contributed by atoms with Crippen LogP contribution in [0.4, 0.5) is 0 Å². The van der Waals surface area contributed by atoms with Gasteiger partial charge in [0.05, 0.1) is 4.90 Å². The summed E-state index contributed by atoms with van der Waals surface area (Å²) in [7, 11) is -3.65. The van der Waals surface area contributed by atoms with Crippen LogP contribution in [-0.2, 0) is 10.0 Å². The zero-order chi connectivity index (χ0) is 24.3. The van der Waals surface area contributed by atoms with E-state index in [0.29, 0.717) is 31.2 Å². The summed E-state index contributed by atoms with van der Waals surface area (Å²) in [6, 6.07) is 26.9. The van der Waals surface area contributed by atoms with Crippen LogP contribution >= 0.6 is 0 Å². The maximum absolute atomic E-state index is 13.4. The fourth-order valence-electron chi connectivity index (χ4n) is 5.22. The predicted molar refractivity (Wildman–Crippen MR) is 137 cm³/mol. The number of carbonyl (C=O) groups is 1. The highest BCUT2D eigenvalue weighted by Crippen LogP contribution is 2.27. The van der Waals surface area contributed by atoms with E-state index in [1.165, 1.54) is 6.07 Å². The highest BCUT2D eigenvalue weighted by molar-refractivity contribution is 7.89. The molecule has 2 heterocycles. The van der Waals surface area contributed by atoms with E-state index in [9.17, 15) is 13.2 Å². The minimum Gasteiger partial charge on any atom is -0.351 e. The Labute approximate surface area is 207 Å². The third-order valence-electron chi connectivity index (χ3n) is 7.15. The average molecular weight is 490 g/mol. The van der Waals surface area contributed by atoms with E-state index in [4.69, 9.17) is 0 Å². The van der Waals surface area contributed by atoms with Crippen molar-refractivity contribution in [2.45, 2.75) is 29.7 Å². The van der Waals surface area contributed by atoms with Gasteiger partial charge in [-0.2, -0.15) is 4.31 Å². The van der Waals surface area contributed by atoms with Crippen LogP contribution < -0.4 is 5.32 Å². The van der Waals surface area contributed by atoms with Gasteiger partial charge in [0, 0.05) is 43.7 Å². The molecule has 0 spiro atoms. The van der Waals surface area contributed by atoms with Crippen LogP contribution in [0.2, 0.25) is 0 Å². The number of nitrogens with zero attached hydrogens (tertiary/aromatic N) is 2. The fraction of sp³-hybridized carbons (Fsp3) is 0.321. The van der Waals surface area contributed by atoms with Gasteiger partial charge in [-0.1, -0.05) is 66.7 Å². The van der Waals surface area contributed by atoms with Crippen molar-refractivity contribution in [3.63, 3.8) is 0 Å². The Morgan fingerprint density at radius 1 is 0.886 bits per heavy atom. The molecule has 5 rings (SSSR count). The van der Waals surface area contributed by atoms with Crippen molar-refractivity contribution in [1.29, 1.82) is 0 Å². The molecule has 0 saturated carbocycles. The lowest BCUT2D eigenvalue weighted by Crippen LogP contribution is -2.51. The molecule has 1 N–H and O–H groups in total. The Hall–Kier alpha value is -3.00. The van der Waals surface area contributed by atoms with Crippen LogP contribution in [0.1, 0.15) is 40.2 Å². The predicted octanol–water partition coefficient (Wildman–Crippen LogP) is 3.72. The van der Waals surface area contributed by atoms with Crippen LogP contribution in [0.3, 0.4) is 0 Å². The van der Waals surface area contributed by atoms with E-state index in [1.54, 1.807) is 22.5 Å². The minimum absolute atomic E-state index is 0.00373. The summed E-state index contributed by atoms with van der Waals surface area (Å²) in [5.74, 6) is -0.282. The van der Waals surface area contributed by atoms with Crippen molar-refractivity contribution in [1.82, 2.24) is 14.5 Å². The van der Waals surface area contributed by atoms with E-state index < -0.39 is 10.0 Å². The van der Waals surface area contributed by atoms with Gasteiger partial charge in [-0.15, -0.1) is 0 Å². The molecule has 0 aromatic heterocycles. The van der Waals surface area contributed by atoms with Crippen LogP contribution in [0.15, 0.2) is 89.8 Å². The third kappa shape index (κ3) is 5.17. The SMILES string of the molecule is O=C(NCC(c1ccccc1)c1ccccc1)c1cccc(S(=O)(=O)N2CCN3CCC[C@H]3C2)c1. The molecule has 1 atom stereocenters. The molecule has 35 heavy (non-hydrogen) atoms. The first-order chi connectivity index (χ1) is 17.0. The molecule has 6 nitrogen and oxygen atoms in total.